The van der Waals surface area contributed by atoms with Crippen molar-refractivity contribution in [1.82, 2.24) is 34.1 Å². The van der Waals surface area contributed by atoms with E-state index in [9.17, 15) is 19.1 Å². The van der Waals surface area contributed by atoms with Crippen molar-refractivity contribution in [3.8, 4) is 0 Å². The Hall–Kier alpha value is -2.52. The molecule has 254 valence electrons. The molecule has 23 heteroatoms. The van der Waals surface area contributed by atoms with Gasteiger partial charge in [-0.05, 0) is 43.1 Å². The number of nitrogens with one attached hydrogen (secondary N) is 2. The van der Waals surface area contributed by atoms with Crippen LogP contribution in [0.15, 0.2) is 23.6 Å². The summed E-state index contributed by atoms with van der Waals surface area (Å²) in [5.41, 5.74) is 13.5. The fourth-order valence-corrected chi connectivity index (χ4v) is 8.13. The number of rotatable bonds is 10. The molecule has 3 aliphatic rings. The van der Waals surface area contributed by atoms with Crippen molar-refractivity contribution in [2.45, 2.75) is 62.5 Å². The molecule has 0 radical (unpaired) electrons. The number of aromatic nitrogens is 7. The first-order valence-electron chi connectivity index (χ1n) is 14.6. The van der Waals surface area contributed by atoms with Gasteiger partial charge in [-0.3, -0.25) is 23.4 Å². The van der Waals surface area contributed by atoms with Gasteiger partial charge in [0.05, 0.1) is 37.1 Å². The topological polar surface area (TPSA) is 262 Å². The van der Waals surface area contributed by atoms with E-state index in [0.29, 0.717) is 12.8 Å². The third kappa shape index (κ3) is 6.72. The van der Waals surface area contributed by atoms with E-state index in [4.69, 9.17) is 34.5 Å². The highest BCUT2D eigenvalue weighted by Gasteiger charge is 2.48. The van der Waals surface area contributed by atoms with Crippen LogP contribution in [-0.2, 0) is 45.8 Å². The lowest BCUT2D eigenvalue weighted by Gasteiger charge is -2.25. The Morgan fingerprint density at radius 1 is 1.15 bits per heavy atom. The number of nitrogens with zero attached hydrogens (tertiary/aromatic N) is 6. The van der Waals surface area contributed by atoms with Crippen LogP contribution in [0.1, 0.15) is 37.3 Å². The molecule has 7 atom stereocenters. The molecule has 19 nitrogen and oxygen atoms in total. The highest BCUT2D eigenvalue weighted by atomic mass is 32.7. The Balaban J connectivity index is 1.06. The highest BCUT2D eigenvalue weighted by molar-refractivity contribution is 8.44. The quantitative estimate of drug-likeness (QED) is 0.0889. The maximum atomic E-state index is 13.6. The van der Waals surface area contributed by atoms with Gasteiger partial charge in [0.1, 0.15) is 36.2 Å². The van der Waals surface area contributed by atoms with Crippen LogP contribution in [0, 0.1) is 0 Å². The summed E-state index contributed by atoms with van der Waals surface area (Å²) in [5, 5.41) is 4.34. The first-order chi connectivity index (χ1) is 22.4. The van der Waals surface area contributed by atoms with Crippen LogP contribution in [0.3, 0.4) is 0 Å². The van der Waals surface area contributed by atoms with Crippen molar-refractivity contribution in [1.29, 1.82) is 0 Å². The van der Waals surface area contributed by atoms with Gasteiger partial charge in [0.2, 0.25) is 5.95 Å². The molecule has 0 aromatic carbocycles. The van der Waals surface area contributed by atoms with Crippen LogP contribution in [0.4, 0.5) is 11.8 Å². The Labute approximate surface area is 276 Å². The summed E-state index contributed by atoms with van der Waals surface area (Å²) in [6.07, 6.45) is 3.77. The Morgan fingerprint density at radius 3 is 2.79 bits per heavy atom. The molecule has 0 amide bonds. The second-order valence-electron chi connectivity index (χ2n) is 11.3. The molecule has 2 saturated heterocycles. The number of nitrogens with two attached hydrogens (primary N) is 2. The Morgan fingerprint density at radius 2 is 1.98 bits per heavy atom. The van der Waals surface area contributed by atoms with Crippen molar-refractivity contribution in [3.05, 3.63) is 34.8 Å². The number of fused-ring (bicyclic) bond motifs is 1. The molecule has 7 heterocycles. The standard InChI is InChI=1S/C24H32N10O9P2S2/c25-16-13(8-39-44(36,37)46)42-23(34-10-30-17-21(34)31-24(26)32-22(17)35)18(16)43-45(38,47)40-7-12-3-4-14(41-12)33-6-11-2-1-5-27-19-15(11)20(33)29-9-28-19/h6,9-10,12-14,16,18,23H,1-5,7-8,25H2,(H,38,47)(H,27,28,29)(H2,36,37,46)(H3,26,31,32,35)/t12-,13+,14+,16+,18+,23+,45?/m0/s1. The lowest BCUT2D eigenvalue weighted by molar-refractivity contribution is -0.0459. The molecule has 0 spiro atoms. The van der Waals surface area contributed by atoms with E-state index in [1.165, 1.54) is 17.2 Å². The first kappa shape index (κ1) is 33.0. The van der Waals surface area contributed by atoms with Crippen molar-refractivity contribution in [3.63, 3.8) is 0 Å². The first-order valence-corrected chi connectivity index (χ1v) is 19.9. The molecule has 2 fully saturated rings. The van der Waals surface area contributed by atoms with Crippen molar-refractivity contribution < 1.29 is 37.4 Å². The fourth-order valence-electron chi connectivity index (χ4n) is 6.11. The Bertz CT molecular complexity index is 1970. The summed E-state index contributed by atoms with van der Waals surface area (Å²) >= 11 is 8.75. The predicted molar refractivity (Wildman–Crippen MR) is 174 cm³/mol. The van der Waals surface area contributed by atoms with Gasteiger partial charge in [-0.15, -0.1) is 0 Å². The maximum Gasteiger partial charge on any atom is 0.386 e. The van der Waals surface area contributed by atoms with Gasteiger partial charge in [0.25, 0.3) is 5.56 Å². The third-order valence-corrected chi connectivity index (χ3v) is 10.6. The van der Waals surface area contributed by atoms with E-state index in [-0.39, 0.29) is 29.9 Å². The van der Waals surface area contributed by atoms with E-state index < -0.39 is 56.3 Å². The molecule has 47 heavy (non-hydrogen) atoms. The van der Waals surface area contributed by atoms with E-state index in [1.54, 1.807) is 0 Å². The number of ether oxygens (including phenoxy) is 2. The van der Waals surface area contributed by atoms with Crippen LogP contribution in [-0.4, -0.2) is 88.0 Å². The second kappa shape index (κ2) is 12.7. The molecule has 3 aliphatic heterocycles. The summed E-state index contributed by atoms with van der Waals surface area (Å²) in [6.45, 7) is -7.91. The molecule has 0 aliphatic carbocycles. The third-order valence-electron chi connectivity index (χ3n) is 8.21. The largest absolute Gasteiger partial charge is 0.386 e. The van der Waals surface area contributed by atoms with Crippen LogP contribution in [0.25, 0.3) is 22.2 Å². The van der Waals surface area contributed by atoms with E-state index >= 15 is 0 Å². The number of hydrogen-bond donors (Lipinski definition) is 7. The van der Waals surface area contributed by atoms with Crippen molar-refractivity contribution in [2.24, 2.45) is 5.73 Å². The number of thiol groups is 1. The normalized spacial score (nSPS) is 27.7. The zero-order valence-corrected chi connectivity index (χ0v) is 28.0. The fraction of sp³-hybridized carbons (Fsp3) is 0.542. The lowest BCUT2D eigenvalue weighted by Crippen LogP contribution is -2.42. The minimum atomic E-state index is -4.14. The number of nitrogen functional groups attached to an aromatic ring is 1. The number of H-pyrrole nitrogens is 1. The van der Waals surface area contributed by atoms with Gasteiger partial charge in [0.15, 0.2) is 17.4 Å². The summed E-state index contributed by atoms with van der Waals surface area (Å²) in [5.74, 6) is 0.626. The zero-order chi connectivity index (χ0) is 33.1. The number of aromatic amines is 1. The van der Waals surface area contributed by atoms with Gasteiger partial charge < -0.3 is 45.1 Å². The molecular weight excluding hydrogens is 698 g/mol. The molecule has 1 unspecified atom stereocenters. The van der Waals surface area contributed by atoms with Gasteiger partial charge in [0, 0.05) is 12.7 Å². The predicted octanol–water partition coefficient (Wildman–Crippen LogP) is 1.07. The average molecular weight is 731 g/mol. The zero-order valence-electron chi connectivity index (χ0n) is 24.5. The van der Waals surface area contributed by atoms with Gasteiger partial charge in [-0.25, -0.2) is 19.5 Å². The van der Waals surface area contributed by atoms with Crippen LogP contribution >= 0.6 is 25.8 Å². The molecule has 0 saturated carbocycles. The van der Waals surface area contributed by atoms with E-state index in [0.717, 1.165) is 41.8 Å². The van der Waals surface area contributed by atoms with E-state index in [2.05, 4.69) is 60.5 Å². The number of imidazole rings is 1. The number of hydrogen-bond acceptors (Lipinski definition) is 15. The minimum absolute atomic E-state index is 0.0354. The number of anilines is 2. The summed E-state index contributed by atoms with van der Waals surface area (Å²) in [4.78, 5) is 51.0. The average Bonchev–Trinajstić information content (AvgIpc) is 3.76. The smallest absolute Gasteiger partial charge is 0.369 e. The van der Waals surface area contributed by atoms with Gasteiger partial charge in [-0.1, -0.05) is 12.2 Å². The Kier molecular flexibility index (Phi) is 8.94. The summed E-state index contributed by atoms with van der Waals surface area (Å²) < 4.78 is 45.8. The maximum absolute atomic E-state index is 13.6. The van der Waals surface area contributed by atoms with Crippen LogP contribution < -0.4 is 22.3 Å². The van der Waals surface area contributed by atoms with Gasteiger partial charge >= 0.3 is 13.5 Å². The second-order valence-corrected chi connectivity index (χ2v) is 16.9. The van der Waals surface area contributed by atoms with Gasteiger partial charge in [-0.2, -0.15) is 4.98 Å². The molecule has 0 bridgehead atoms. The highest BCUT2D eigenvalue weighted by Crippen LogP contribution is 2.57. The molecule has 7 rings (SSSR count). The summed E-state index contributed by atoms with van der Waals surface area (Å²) in [6, 6.07) is -1.07. The minimum Gasteiger partial charge on any atom is -0.369 e. The molecule has 4 aromatic rings. The molecule has 8 N–H and O–H groups in total. The molecular formula is C24H32N10O9P2S2. The lowest BCUT2D eigenvalue weighted by atomic mass is 10.1. The SMILES string of the molecule is Nc1nc2c(ncn2[C@@H]2O[C@H](COP(O)(O)=S)[C@@H](N)[C@H]2OP(=O)(S)OC[C@@H]2CC[C@H](n3cc4c5c(ncnc53)NCCC4)O2)c(=O)[nH]1. The van der Waals surface area contributed by atoms with Crippen molar-refractivity contribution in [2.75, 3.05) is 30.8 Å². The number of aryl methyl sites for hydroxylation is 1. The van der Waals surface area contributed by atoms with Crippen LogP contribution in [0.2, 0.25) is 0 Å². The molecule has 4 aromatic heterocycles. The van der Waals surface area contributed by atoms with Crippen LogP contribution in [0.5, 0.6) is 0 Å². The van der Waals surface area contributed by atoms with E-state index in [1.807, 2.05) is 4.57 Å². The van der Waals surface area contributed by atoms with Crippen molar-refractivity contribution >= 4 is 71.5 Å². The summed E-state index contributed by atoms with van der Waals surface area (Å²) in [7, 11) is 0. The monoisotopic (exact) mass is 730 g/mol.